The number of non-ortho nitro benzene ring substituents is 1. The number of aryl methyl sites for hydroxylation is 1. The topological polar surface area (TPSA) is 70.2 Å². The van der Waals surface area contributed by atoms with E-state index in [-0.39, 0.29) is 17.8 Å². The van der Waals surface area contributed by atoms with Crippen LogP contribution < -0.4 is 4.74 Å². The second-order valence-electron chi connectivity index (χ2n) is 6.10. The summed E-state index contributed by atoms with van der Waals surface area (Å²) < 4.78 is 8.28. The number of aromatic nitrogens is 2. The van der Waals surface area contributed by atoms with Crippen molar-refractivity contribution in [3.05, 3.63) is 88.5 Å². The van der Waals surface area contributed by atoms with E-state index < -0.39 is 4.92 Å². The van der Waals surface area contributed by atoms with Crippen LogP contribution in [0.4, 0.5) is 5.69 Å². The third-order valence-electron chi connectivity index (χ3n) is 4.61. The Hall–Kier alpha value is -3.15. The van der Waals surface area contributed by atoms with Gasteiger partial charge in [0.1, 0.15) is 11.9 Å². The minimum absolute atomic E-state index is 0.0302. The summed E-state index contributed by atoms with van der Waals surface area (Å²) in [5, 5.41) is 10.8. The summed E-state index contributed by atoms with van der Waals surface area (Å²) in [6.07, 6.45) is 7.26. The molecule has 4 rings (SSSR count). The van der Waals surface area contributed by atoms with Gasteiger partial charge in [0.05, 0.1) is 17.3 Å². The van der Waals surface area contributed by atoms with Gasteiger partial charge in [0.2, 0.25) is 0 Å². The highest BCUT2D eigenvalue weighted by Crippen LogP contribution is 2.35. The van der Waals surface area contributed by atoms with Gasteiger partial charge in [-0.3, -0.25) is 10.1 Å². The van der Waals surface area contributed by atoms with Gasteiger partial charge in [-0.1, -0.05) is 24.3 Å². The van der Waals surface area contributed by atoms with E-state index in [9.17, 15) is 10.1 Å². The van der Waals surface area contributed by atoms with Crippen LogP contribution in [0.1, 0.15) is 23.6 Å². The molecule has 6 nitrogen and oxygen atoms in total. The molecule has 25 heavy (non-hydrogen) atoms. The molecule has 1 aromatic heterocycles. The van der Waals surface area contributed by atoms with Crippen molar-refractivity contribution in [3.8, 4) is 5.75 Å². The molecule has 0 radical (unpaired) electrons. The summed E-state index contributed by atoms with van der Waals surface area (Å²) in [5.74, 6) is 0.639. The molecule has 0 saturated carbocycles. The van der Waals surface area contributed by atoms with Crippen molar-refractivity contribution in [2.24, 2.45) is 0 Å². The quantitative estimate of drug-likeness (QED) is 0.537. The molecule has 1 aliphatic carbocycles. The first-order valence-corrected chi connectivity index (χ1v) is 8.19. The Bertz CT molecular complexity index is 875. The highest BCUT2D eigenvalue weighted by Gasteiger charge is 2.32. The van der Waals surface area contributed by atoms with Gasteiger partial charge < -0.3 is 9.30 Å². The number of imidazole rings is 1. The Morgan fingerprint density at radius 1 is 1.16 bits per heavy atom. The number of hydrogen-bond donors (Lipinski definition) is 0. The molecule has 0 unspecified atom stereocenters. The van der Waals surface area contributed by atoms with E-state index in [1.165, 1.54) is 23.3 Å². The lowest BCUT2D eigenvalue weighted by molar-refractivity contribution is -0.384. The zero-order valence-corrected chi connectivity index (χ0v) is 13.5. The lowest BCUT2D eigenvalue weighted by Crippen LogP contribution is -2.34. The van der Waals surface area contributed by atoms with Gasteiger partial charge in [-0.05, 0) is 36.1 Å². The molecule has 0 fully saturated rings. The van der Waals surface area contributed by atoms with Crippen molar-refractivity contribution in [3.63, 3.8) is 0 Å². The summed E-state index contributed by atoms with van der Waals surface area (Å²) in [6, 6.07) is 14.7. The zero-order valence-electron chi connectivity index (χ0n) is 13.5. The lowest BCUT2D eigenvalue weighted by Gasteiger charge is -2.34. The third-order valence-corrected chi connectivity index (χ3v) is 4.61. The van der Waals surface area contributed by atoms with Gasteiger partial charge >= 0.3 is 0 Å². The fourth-order valence-corrected chi connectivity index (χ4v) is 3.44. The average Bonchev–Trinajstić information content (AvgIpc) is 3.16. The Morgan fingerprint density at radius 3 is 2.68 bits per heavy atom. The average molecular weight is 335 g/mol. The first kappa shape index (κ1) is 15.4. The Balaban J connectivity index is 1.65. The first-order valence-electron chi connectivity index (χ1n) is 8.19. The molecule has 0 spiro atoms. The first-order chi connectivity index (χ1) is 12.2. The number of fused-ring (bicyclic) bond motifs is 1. The van der Waals surface area contributed by atoms with E-state index in [4.69, 9.17) is 4.74 Å². The van der Waals surface area contributed by atoms with E-state index in [2.05, 4.69) is 27.8 Å². The smallest absolute Gasteiger partial charge is 0.269 e. The number of nitro benzene ring substituents is 1. The maximum absolute atomic E-state index is 10.8. The molecular formula is C19H17N3O3. The second kappa shape index (κ2) is 6.39. The molecule has 0 saturated heterocycles. The predicted molar refractivity (Wildman–Crippen MR) is 92.6 cm³/mol. The Kier molecular flexibility index (Phi) is 3.93. The van der Waals surface area contributed by atoms with Gasteiger partial charge in [-0.2, -0.15) is 0 Å². The summed E-state index contributed by atoms with van der Waals surface area (Å²) in [5.41, 5.74) is 2.62. The van der Waals surface area contributed by atoms with Gasteiger partial charge in [-0.15, -0.1) is 0 Å². The molecule has 0 bridgehead atoms. The molecule has 0 N–H and O–H groups in total. The van der Waals surface area contributed by atoms with Crippen LogP contribution >= 0.6 is 0 Å². The van der Waals surface area contributed by atoms with E-state index in [0.717, 1.165) is 12.8 Å². The lowest BCUT2D eigenvalue weighted by atomic mass is 9.85. The highest BCUT2D eigenvalue weighted by atomic mass is 16.6. The van der Waals surface area contributed by atoms with Crippen LogP contribution in [0.5, 0.6) is 5.75 Å². The summed E-state index contributed by atoms with van der Waals surface area (Å²) in [4.78, 5) is 14.6. The van der Waals surface area contributed by atoms with Gasteiger partial charge in [0.15, 0.2) is 0 Å². The molecular weight excluding hydrogens is 318 g/mol. The predicted octanol–water partition coefficient (Wildman–Crippen LogP) is 3.77. The van der Waals surface area contributed by atoms with E-state index in [1.807, 2.05) is 12.3 Å². The number of rotatable bonds is 4. The summed E-state index contributed by atoms with van der Waals surface area (Å²) in [6.45, 7) is 0. The van der Waals surface area contributed by atoms with Crippen molar-refractivity contribution in [2.75, 3.05) is 0 Å². The standard InChI is InChI=1S/C19H17N3O3/c23-22(24)15-6-8-16(9-7-15)25-18-10-5-14-3-1-2-4-17(14)19(18)21-12-11-20-13-21/h1-4,6-9,11-13,18-19H,5,10H2/t18-,19-/m0/s1. The van der Waals surface area contributed by atoms with Gasteiger partial charge in [0, 0.05) is 24.5 Å². The molecule has 126 valence electrons. The second-order valence-corrected chi connectivity index (χ2v) is 6.10. The Morgan fingerprint density at radius 2 is 1.96 bits per heavy atom. The summed E-state index contributed by atoms with van der Waals surface area (Å²) in [7, 11) is 0. The van der Waals surface area contributed by atoms with Crippen LogP contribution in [0, 0.1) is 10.1 Å². The maximum atomic E-state index is 10.8. The molecule has 3 aromatic rings. The summed E-state index contributed by atoms with van der Waals surface area (Å²) >= 11 is 0. The van der Waals surface area contributed by atoms with Gasteiger partial charge in [0.25, 0.3) is 5.69 Å². The van der Waals surface area contributed by atoms with Crippen molar-refractivity contribution < 1.29 is 9.66 Å². The fraction of sp³-hybridized carbons (Fsp3) is 0.211. The molecule has 2 atom stereocenters. The van der Waals surface area contributed by atoms with Crippen molar-refractivity contribution in [2.45, 2.75) is 25.0 Å². The van der Waals surface area contributed by atoms with Crippen LogP contribution in [0.25, 0.3) is 0 Å². The highest BCUT2D eigenvalue weighted by molar-refractivity contribution is 5.38. The number of nitro groups is 1. The number of hydrogen-bond acceptors (Lipinski definition) is 4. The minimum Gasteiger partial charge on any atom is -0.488 e. The molecule has 6 heteroatoms. The van der Waals surface area contributed by atoms with Crippen molar-refractivity contribution in [1.82, 2.24) is 9.55 Å². The monoisotopic (exact) mass is 335 g/mol. The van der Waals surface area contributed by atoms with E-state index in [0.29, 0.717) is 5.75 Å². The van der Waals surface area contributed by atoms with Crippen LogP contribution in [0.3, 0.4) is 0 Å². The van der Waals surface area contributed by atoms with E-state index in [1.54, 1.807) is 24.7 Å². The SMILES string of the molecule is O=[N+]([O-])c1ccc(O[C@H]2CCc3ccccc3[C@@H]2n2ccnc2)cc1. The molecule has 0 amide bonds. The van der Waals surface area contributed by atoms with E-state index >= 15 is 0 Å². The molecule has 0 aliphatic heterocycles. The molecule has 1 aliphatic rings. The number of ether oxygens (including phenoxy) is 1. The Labute approximate surface area is 144 Å². The van der Waals surface area contributed by atoms with Crippen LogP contribution in [-0.4, -0.2) is 20.6 Å². The van der Waals surface area contributed by atoms with Gasteiger partial charge in [-0.25, -0.2) is 4.98 Å². The number of nitrogens with zero attached hydrogens (tertiary/aromatic N) is 3. The molecule has 2 aromatic carbocycles. The van der Waals surface area contributed by atoms with Crippen LogP contribution in [0.15, 0.2) is 67.3 Å². The van der Waals surface area contributed by atoms with Crippen LogP contribution in [0.2, 0.25) is 0 Å². The van der Waals surface area contributed by atoms with Crippen LogP contribution in [-0.2, 0) is 6.42 Å². The zero-order chi connectivity index (χ0) is 17.2. The minimum atomic E-state index is -0.408. The maximum Gasteiger partial charge on any atom is 0.269 e. The van der Waals surface area contributed by atoms with Crippen molar-refractivity contribution >= 4 is 5.69 Å². The largest absolute Gasteiger partial charge is 0.488 e. The normalized spacial score (nSPS) is 19.2. The molecule has 1 heterocycles. The number of benzene rings is 2. The van der Waals surface area contributed by atoms with Crippen molar-refractivity contribution in [1.29, 1.82) is 0 Å². The fourth-order valence-electron chi connectivity index (χ4n) is 3.44. The third kappa shape index (κ3) is 2.98.